The summed E-state index contributed by atoms with van der Waals surface area (Å²) in [5, 5.41) is 17.2. The lowest BCUT2D eigenvalue weighted by molar-refractivity contribution is 0.0747. The Kier molecular flexibility index (Phi) is 10.2. The van der Waals surface area contributed by atoms with E-state index in [2.05, 4.69) is 29.7 Å². The smallest absolute Gasteiger partial charge is 0.254 e. The van der Waals surface area contributed by atoms with Crippen LogP contribution >= 0.6 is 0 Å². The Morgan fingerprint density at radius 2 is 1.71 bits per heavy atom. The number of carbonyl (C=O) groups excluding carboxylic acids is 2. The normalized spacial score (nSPS) is 16.4. The molecule has 3 N–H and O–H groups in total. The van der Waals surface area contributed by atoms with Gasteiger partial charge in [-0.15, -0.1) is 0 Å². The molecule has 8 heteroatoms. The van der Waals surface area contributed by atoms with E-state index in [0.717, 1.165) is 36.5 Å². The molecule has 0 bridgehead atoms. The third kappa shape index (κ3) is 8.21. The number of aryl methyl sites for hydroxylation is 2. The zero-order valence-corrected chi connectivity index (χ0v) is 23.9. The fraction of sp³-hybridized carbons (Fsp3) is 0.394. The van der Waals surface area contributed by atoms with Crippen LogP contribution in [0.5, 0.6) is 0 Å². The lowest BCUT2D eigenvalue weighted by Gasteiger charge is -2.25. The van der Waals surface area contributed by atoms with E-state index in [1.807, 2.05) is 30.9 Å². The van der Waals surface area contributed by atoms with Crippen molar-refractivity contribution in [3.63, 3.8) is 0 Å². The van der Waals surface area contributed by atoms with Gasteiger partial charge >= 0.3 is 0 Å². The van der Waals surface area contributed by atoms with E-state index in [4.69, 9.17) is 0 Å². The summed E-state index contributed by atoms with van der Waals surface area (Å²) in [6.45, 7) is 7.26. The zero-order chi connectivity index (χ0) is 29.5. The number of likely N-dealkylation sites (tertiary alicyclic amines) is 1. The summed E-state index contributed by atoms with van der Waals surface area (Å²) < 4.78 is 27.9. The number of amides is 2. The molecule has 0 aromatic heterocycles. The number of carbonyl (C=O) groups is 2. The molecule has 1 aliphatic rings. The first-order valence-corrected chi connectivity index (χ1v) is 14.3. The van der Waals surface area contributed by atoms with E-state index in [9.17, 15) is 23.5 Å². The third-order valence-electron chi connectivity index (χ3n) is 7.64. The predicted molar refractivity (Wildman–Crippen MR) is 156 cm³/mol. The molecule has 218 valence electrons. The van der Waals surface area contributed by atoms with Gasteiger partial charge in [0.1, 0.15) is 11.6 Å². The van der Waals surface area contributed by atoms with Gasteiger partial charge in [0.25, 0.3) is 11.8 Å². The Balaban J connectivity index is 1.51. The molecule has 0 saturated carbocycles. The number of hydrogen-bond donors (Lipinski definition) is 3. The van der Waals surface area contributed by atoms with Crippen LogP contribution in [0.4, 0.5) is 8.78 Å². The molecular weight excluding hydrogens is 524 g/mol. The maximum atomic E-state index is 13.9. The monoisotopic (exact) mass is 563 g/mol. The van der Waals surface area contributed by atoms with Gasteiger partial charge in [-0.2, -0.15) is 0 Å². The predicted octanol–water partition coefficient (Wildman–Crippen LogP) is 4.95. The van der Waals surface area contributed by atoms with Crippen LogP contribution in [0.1, 0.15) is 69.7 Å². The highest BCUT2D eigenvalue weighted by Gasteiger charge is 2.28. The highest BCUT2D eigenvalue weighted by molar-refractivity contribution is 6.00. The number of rotatable bonds is 11. The number of nitrogens with one attached hydrogen (secondary N) is 2. The summed E-state index contributed by atoms with van der Waals surface area (Å²) >= 11 is 0. The topological polar surface area (TPSA) is 81.7 Å². The molecule has 0 radical (unpaired) electrons. The number of benzene rings is 3. The van der Waals surface area contributed by atoms with Crippen LogP contribution in [0.3, 0.4) is 0 Å². The van der Waals surface area contributed by atoms with Crippen LogP contribution in [0.15, 0.2) is 60.7 Å². The summed E-state index contributed by atoms with van der Waals surface area (Å²) in [5.74, 6) is -2.05. The van der Waals surface area contributed by atoms with E-state index in [-0.39, 0.29) is 30.5 Å². The average molecular weight is 564 g/mol. The number of aliphatic hydroxyl groups excluding tert-OH is 1. The summed E-state index contributed by atoms with van der Waals surface area (Å²) in [6, 6.07) is 15.6. The van der Waals surface area contributed by atoms with Gasteiger partial charge in [-0.3, -0.25) is 9.59 Å². The molecule has 2 amide bonds. The van der Waals surface area contributed by atoms with Gasteiger partial charge in [-0.05, 0) is 92.1 Å². The van der Waals surface area contributed by atoms with E-state index < -0.39 is 29.7 Å². The quantitative estimate of drug-likeness (QED) is 0.308. The van der Waals surface area contributed by atoms with Crippen LogP contribution in [-0.2, 0) is 19.4 Å². The summed E-state index contributed by atoms with van der Waals surface area (Å²) in [4.78, 5) is 28.4. The van der Waals surface area contributed by atoms with Gasteiger partial charge in [0, 0.05) is 42.9 Å². The Labute approximate surface area is 240 Å². The van der Waals surface area contributed by atoms with Crippen molar-refractivity contribution in [1.82, 2.24) is 15.5 Å². The second-order valence-electron chi connectivity index (χ2n) is 11.0. The van der Waals surface area contributed by atoms with Gasteiger partial charge in [-0.1, -0.05) is 31.2 Å². The summed E-state index contributed by atoms with van der Waals surface area (Å²) in [5.41, 5.74) is 4.06. The van der Waals surface area contributed by atoms with Crippen LogP contribution in [-0.4, -0.2) is 53.1 Å². The minimum Gasteiger partial charge on any atom is -0.390 e. The van der Waals surface area contributed by atoms with Crippen LogP contribution < -0.4 is 10.6 Å². The molecule has 3 aromatic carbocycles. The Morgan fingerprint density at radius 3 is 2.39 bits per heavy atom. The Bertz CT molecular complexity index is 1360. The Hall–Kier alpha value is -3.62. The van der Waals surface area contributed by atoms with E-state index in [1.54, 1.807) is 18.2 Å². The minimum atomic E-state index is -1.06. The summed E-state index contributed by atoms with van der Waals surface area (Å²) in [6.07, 6.45) is 1.76. The van der Waals surface area contributed by atoms with E-state index >= 15 is 0 Å². The molecule has 3 atom stereocenters. The van der Waals surface area contributed by atoms with Crippen LogP contribution in [0, 0.1) is 18.6 Å². The first kappa shape index (κ1) is 30.3. The van der Waals surface area contributed by atoms with Gasteiger partial charge in [-0.25, -0.2) is 8.78 Å². The van der Waals surface area contributed by atoms with Gasteiger partial charge in [0.2, 0.25) is 0 Å². The fourth-order valence-corrected chi connectivity index (χ4v) is 5.42. The highest BCUT2D eigenvalue weighted by Crippen LogP contribution is 2.21. The standard InChI is InChI=1S/C33H39F2N3O3/c1-4-23-8-5-9-24(13-23)19-36-20-31(39)30(16-25-14-28(34)18-29(35)15-25)37-32(40)26-11-21(2)12-27(17-26)33(41)38-10-6-7-22(38)3/h5,8-9,11-15,17-18,22,30-31,36,39H,4,6-7,10,16,19-20H2,1-3H3,(H,37,40)/t22?,30-,31-/m0/s1. The molecule has 1 aliphatic heterocycles. The summed E-state index contributed by atoms with van der Waals surface area (Å²) in [7, 11) is 0. The first-order chi connectivity index (χ1) is 19.6. The molecule has 1 fully saturated rings. The second kappa shape index (κ2) is 13.8. The number of aliphatic hydroxyl groups is 1. The Morgan fingerprint density at radius 1 is 1.00 bits per heavy atom. The maximum Gasteiger partial charge on any atom is 0.254 e. The number of hydrogen-bond acceptors (Lipinski definition) is 4. The molecule has 3 aromatic rings. The first-order valence-electron chi connectivity index (χ1n) is 14.3. The van der Waals surface area contributed by atoms with Gasteiger partial charge in [0.05, 0.1) is 12.1 Å². The number of halogens is 2. The van der Waals surface area contributed by atoms with Gasteiger partial charge in [0.15, 0.2) is 0 Å². The van der Waals surface area contributed by atoms with E-state index in [0.29, 0.717) is 24.2 Å². The van der Waals surface area contributed by atoms with Crippen molar-refractivity contribution in [1.29, 1.82) is 0 Å². The van der Waals surface area contributed by atoms with Crippen molar-refractivity contribution in [2.24, 2.45) is 0 Å². The maximum absolute atomic E-state index is 13.9. The molecule has 0 aliphatic carbocycles. The van der Waals surface area contributed by atoms with Crippen molar-refractivity contribution in [2.75, 3.05) is 13.1 Å². The highest BCUT2D eigenvalue weighted by atomic mass is 19.1. The molecule has 4 rings (SSSR count). The van der Waals surface area contributed by atoms with Crippen LogP contribution in [0.2, 0.25) is 0 Å². The largest absolute Gasteiger partial charge is 0.390 e. The average Bonchev–Trinajstić information content (AvgIpc) is 3.37. The minimum absolute atomic E-state index is 0.0114. The fourth-order valence-electron chi connectivity index (χ4n) is 5.42. The SMILES string of the molecule is CCc1cccc(CNC[C@H](O)[C@H](Cc2cc(F)cc(F)c2)NC(=O)c2cc(C)cc(C(=O)N3CCCC3C)c2)c1. The molecule has 1 unspecified atom stereocenters. The zero-order valence-electron chi connectivity index (χ0n) is 23.9. The van der Waals surface area contributed by atoms with Crippen molar-refractivity contribution >= 4 is 11.8 Å². The van der Waals surface area contributed by atoms with Crippen LogP contribution in [0.25, 0.3) is 0 Å². The van der Waals surface area contributed by atoms with Crippen molar-refractivity contribution in [3.05, 3.63) is 106 Å². The van der Waals surface area contributed by atoms with Crippen molar-refractivity contribution in [3.8, 4) is 0 Å². The molecular formula is C33H39F2N3O3. The lowest BCUT2D eigenvalue weighted by Crippen LogP contribution is -2.48. The van der Waals surface area contributed by atoms with E-state index in [1.165, 1.54) is 17.7 Å². The molecule has 1 saturated heterocycles. The third-order valence-corrected chi connectivity index (χ3v) is 7.64. The molecule has 0 spiro atoms. The molecule has 41 heavy (non-hydrogen) atoms. The molecule has 1 heterocycles. The molecule has 6 nitrogen and oxygen atoms in total. The number of nitrogens with zero attached hydrogens (tertiary/aromatic N) is 1. The van der Waals surface area contributed by atoms with Gasteiger partial charge < -0.3 is 20.6 Å². The second-order valence-corrected chi connectivity index (χ2v) is 11.0. The van der Waals surface area contributed by atoms with Crippen molar-refractivity contribution in [2.45, 2.75) is 71.2 Å². The van der Waals surface area contributed by atoms with Crippen molar-refractivity contribution < 1.29 is 23.5 Å². The lowest BCUT2D eigenvalue weighted by atomic mass is 9.99.